The monoisotopic (exact) mass is 600 g/mol. The molecule has 3 aliphatic rings. The summed E-state index contributed by atoms with van der Waals surface area (Å²) in [6.45, 7) is 11.5. The predicted molar refractivity (Wildman–Crippen MR) is 159 cm³/mol. The van der Waals surface area contributed by atoms with Gasteiger partial charge in [0.2, 0.25) is 0 Å². The number of rotatable bonds is 11. The fourth-order valence-corrected chi connectivity index (χ4v) is 10.5. The maximum absolute atomic E-state index is 14.7. The molecule has 2 saturated carbocycles. The number of aliphatic hydroxyl groups excluding tert-OH is 2. The van der Waals surface area contributed by atoms with Crippen molar-refractivity contribution in [3.63, 3.8) is 0 Å². The molecule has 3 fully saturated rings. The van der Waals surface area contributed by atoms with Crippen molar-refractivity contribution >= 4 is 9.84 Å². The number of sulfone groups is 1. The van der Waals surface area contributed by atoms with E-state index in [-0.39, 0.29) is 24.0 Å². The molecule has 0 unspecified atom stereocenters. The Morgan fingerprint density at radius 3 is 2.26 bits per heavy atom. The minimum Gasteiger partial charge on any atom is -0.497 e. The van der Waals surface area contributed by atoms with Gasteiger partial charge >= 0.3 is 0 Å². The molecule has 2 aromatic carbocycles. The Kier molecular flexibility index (Phi) is 8.18. The number of ether oxygens (including phenoxy) is 4. The quantitative estimate of drug-likeness (QED) is 0.358. The lowest BCUT2D eigenvalue weighted by Crippen LogP contribution is -2.67. The highest BCUT2D eigenvalue weighted by Crippen LogP contribution is 2.69. The van der Waals surface area contributed by atoms with Gasteiger partial charge in [0, 0.05) is 5.41 Å². The highest BCUT2D eigenvalue weighted by atomic mass is 32.2. The van der Waals surface area contributed by atoms with Crippen LogP contribution in [0.4, 0.5) is 0 Å². The van der Waals surface area contributed by atoms with Crippen LogP contribution < -0.4 is 4.74 Å². The molecule has 1 saturated heterocycles. The zero-order valence-corrected chi connectivity index (χ0v) is 26.0. The van der Waals surface area contributed by atoms with E-state index in [1.54, 1.807) is 51.3 Å². The lowest BCUT2D eigenvalue weighted by Gasteiger charge is -2.51. The van der Waals surface area contributed by atoms with Crippen molar-refractivity contribution in [2.24, 2.45) is 16.7 Å². The van der Waals surface area contributed by atoms with Gasteiger partial charge in [-0.25, -0.2) is 8.42 Å². The topological polar surface area (TPSA) is 112 Å². The molecule has 42 heavy (non-hydrogen) atoms. The third-order valence-electron chi connectivity index (χ3n) is 10.3. The molecular weight excluding hydrogens is 556 g/mol. The van der Waals surface area contributed by atoms with E-state index in [1.807, 2.05) is 38.1 Å². The first-order valence-corrected chi connectivity index (χ1v) is 16.2. The van der Waals surface area contributed by atoms with Crippen molar-refractivity contribution in [2.45, 2.75) is 93.4 Å². The van der Waals surface area contributed by atoms with Gasteiger partial charge in [0.1, 0.15) is 23.2 Å². The lowest BCUT2D eigenvalue weighted by molar-refractivity contribution is -0.222. The van der Waals surface area contributed by atoms with Crippen LogP contribution in [0, 0.1) is 16.7 Å². The summed E-state index contributed by atoms with van der Waals surface area (Å²) in [4.78, 5) is 0.0874. The molecule has 9 heteroatoms. The lowest BCUT2D eigenvalue weighted by atomic mass is 9.63. The maximum Gasteiger partial charge on any atom is 0.184 e. The molecule has 1 heterocycles. The molecule has 0 spiro atoms. The summed E-state index contributed by atoms with van der Waals surface area (Å²) in [5.74, 6) is -0.296. The zero-order chi connectivity index (χ0) is 30.6. The second kappa shape index (κ2) is 11.0. The molecule has 7 atom stereocenters. The minimum atomic E-state index is -4.21. The van der Waals surface area contributed by atoms with E-state index in [0.717, 1.165) is 12.0 Å². The maximum atomic E-state index is 14.7. The van der Waals surface area contributed by atoms with E-state index >= 15 is 0 Å². The van der Waals surface area contributed by atoms with Gasteiger partial charge in [0.25, 0.3) is 0 Å². The van der Waals surface area contributed by atoms with E-state index in [4.69, 9.17) is 18.9 Å². The van der Waals surface area contributed by atoms with Crippen molar-refractivity contribution in [2.75, 3.05) is 13.7 Å². The molecule has 8 nitrogen and oxygen atoms in total. The smallest absolute Gasteiger partial charge is 0.184 e. The Hall–Kier alpha value is -2.27. The summed E-state index contributed by atoms with van der Waals surface area (Å²) in [5.41, 5.74) is -2.47. The molecule has 0 aromatic heterocycles. The molecule has 2 N–H and O–H groups in total. The van der Waals surface area contributed by atoms with Crippen molar-refractivity contribution in [1.82, 2.24) is 0 Å². The van der Waals surface area contributed by atoms with Crippen molar-refractivity contribution < 1.29 is 37.6 Å². The SMILES string of the molecule is C=C[C@@H](OCc1ccc(OC)cc1)[C@]1([C@H](O)[C@@H]([C@@]23CC[C@@H](C[C@H]2O)C3(C)C)S(=O)(=O)c2ccccc2)COC(C)(C)O1. The first-order valence-electron chi connectivity index (χ1n) is 14.6. The van der Waals surface area contributed by atoms with E-state index in [1.165, 1.54) is 6.08 Å². The zero-order valence-electron chi connectivity index (χ0n) is 25.2. The molecule has 0 amide bonds. The third-order valence-corrected chi connectivity index (χ3v) is 12.6. The number of methoxy groups -OCH3 is 1. The van der Waals surface area contributed by atoms with Gasteiger partial charge in [0.05, 0.1) is 31.3 Å². The Labute approximate surface area is 249 Å². The van der Waals surface area contributed by atoms with E-state index in [9.17, 15) is 18.6 Å². The largest absolute Gasteiger partial charge is 0.497 e. The Morgan fingerprint density at radius 1 is 1.10 bits per heavy atom. The van der Waals surface area contributed by atoms with Crippen LogP contribution >= 0.6 is 0 Å². The second-order valence-electron chi connectivity index (χ2n) is 13.0. The summed E-state index contributed by atoms with van der Waals surface area (Å²) in [7, 11) is -2.61. The van der Waals surface area contributed by atoms with Crippen LogP contribution in [0.25, 0.3) is 0 Å². The van der Waals surface area contributed by atoms with Crippen molar-refractivity contribution in [3.05, 3.63) is 72.8 Å². The second-order valence-corrected chi connectivity index (χ2v) is 15.1. The van der Waals surface area contributed by atoms with Gasteiger partial charge in [-0.05, 0) is 74.3 Å². The molecule has 1 aliphatic heterocycles. The highest BCUT2D eigenvalue weighted by Gasteiger charge is 2.73. The first kappa shape index (κ1) is 31.2. The summed E-state index contributed by atoms with van der Waals surface area (Å²) >= 11 is 0. The molecule has 5 rings (SSSR count). The Bertz CT molecular complexity index is 1370. The number of benzene rings is 2. The van der Waals surface area contributed by atoms with Gasteiger partial charge < -0.3 is 29.2 Å². The molecular formula is C33H44O8S. The van der Waals surface area contributed by atoms with Crippen LogP contribution in [0.5, 0.6) is 5.75 Å². The van der Waals surface area contributed by atoms with Crippen molar-refractivity contribution in [3.8, 4) is 5.75 Å². The van der Waals surface area contributed by atoms with Gasteiger partial charge in [-0.3, -0.25) is 0 Å². The molecule has 2 aromatic rings. The number of aliphatic hydroxyl groups is 2. The number of hydrogen-bond donors (Lipinski definition) is 2. The molecule has 0 radical (unpaired) electrons. The van der Waals surface area contributed by atoms with E-state index in [0.29, 0.717) is 18.6 Å². The van der Waals surface area contributed by atoms with Crippen LogP contribution in [0.2, 0.25) is 0 Å². The van der Waals surface area contributed by atoms with Crippen LogP contribution in [0.1, 0.15) is 52.5 Å². The Morgan fingerprint density at radius 2 is 1.76 bits per heavy atom. The standard InChI is InChI=1S/C33H44O8S/c1-7-27(39-20-22-13-15-24(38-6)16-14-22)33(21-40-31(4,5)41-33)28(35)29(42(36,37)25-11-9-8-10-12-25)32-18-17-23(19-26(32)34)30(32,2)3/h7-16,23,26-29,34-35H,1,17-21H2,2-6H3/t23-,26+,27+,28+,29-,32+,33-/m0/s1. The van der Waals surface area contributed by atoms with Crippen LogP contribution in [-0.2, 0) is 30.7 Å². The van der Waals surface area contributed by atoms with E-state index in [2.05, 4.69) is 6.58 Å². The fourth-order valence-electron chi connectivity index (χ4n) is 7.98. The summed E-state index contributed by atoms with van der Waals surface area (Å²) in [6.07, 6.45) is -0.240. The summed E-state index contributed by atoms with van der Waals surface area (Å²) in [5, 5.41) is 22.9. The summed E-state index contributed by atoms with van der Waals surface area (Å²) < 4.78 is 53.7. The average Bonchev–Trinajstić information content (AvgIpc) is 3.49. The van der Waals surface area contributed by atoms with Gasteiger partial charge in [0.15, 0.2) is 21.2 Å². The number of fused-ring (bicyclic) bond motifs is 2. The Balaban J connectivity index is 1.62. The molecule has 2 aliphatic carbocycles. The van der Waals surface area contributed by atoms with Crippen molar-refractivity contribution in [1.29, 1.82) is 0 Å². The number of hydrogen-bond acceptors (Lipinski definition) is 8. The van der Waals surface area contributed by atoms with Gasteiger partial charge in [-0.2, -0.15) is 0 Å². The normalized spacial score (nSPS) is 31.9. The van der Waals surface area contributed by atoms with Crippen LogP contribution in [0.15, 0.2) is 72.1 Å². The highest BCUT2D eigenvalue weighted by molar-refractivity contribution is 7.92. The van der Waals surface area contributed by atoms with Crippen LogP contribution in [-0.4, -0.2) is 67.3 Å². The van der Waals surface area contributed by atoms with Gasteiger partial charge in [-0.15, -0.1) is 6.58 Å². The molecule has 230 valence electrons. The predicted octanol–water partition coefficient (Wildman–Crippen LogP) is 4.68. The third kappa shape index (κ3) is 4.82. The molecule has 2 bridgehead atoms. The summed E-state index contributed by atoms with van der Waals surface area (Å²) in [6, 6.07) is 15.6. The van der Waals surface area contributed by atoms with Gasteiger partial charge in [-0.1, -0.05) is 50.3 Å². The average molecular weight is 601 g/mol. The van der Waals surface area contributed by atoms with E-state index < -0.39 is 55.6 Å². The minimum absolute atomic E-state index is 0.0874. The first-order chi connectivity index (χ1) is 19.7. The van der Waals surface area contributed by atoms with Crippen LogP contribution in [0.3, 0.4) is 0 Å². The fraction of sp³-hybridized carbons (Fsp3) is 0.576.